The van der Waals surface area contributed by atoms with Gasteiger partial charge >= 0.3 is 0 Å². The van der Waals surface area contributed by atoms with Crippen molar-refractivity contribution >= 4 is 33.5 Å². The zero-order valence-corrected chi connectivity index (χ0v) is 18.6. The van der Waals surface area contributed by atoms with Crippen molar-refractivity contribution in [2.45, 2.75) is 27.2 Å². The monoisotopic (exact) mass is 433 g/mol. The highest BCUT2D eigenvalue weighted by Crippen LogP contribution is 2.33. The Morgan fingerprint density at radius 2 is 1.88 bits per heavy atom. The number of amides is 1. The number of hydrogen-bond donors (Lipinski definition) is 1. The van der Waals surface area contributed by atoms with Gasteiger partial charge in [-0.2, -0.15) is 0 Å². The van der Waals surface area contributed by atoms with Crippen LogP contribution in [0.4, 0.5) is 5.69 Å². The van der Waals surface area contributed by atoms with Crippen LogP contribution in [0.3, 0.4) is 0 Å². The molecule has 0 fully saturated rings. The van der Waals surface area contributed by atoms with Crippen molar-refractivity contribution in [3.8, 4) is 17.2 Å². The van der Waals surface area contributed by atoms with E-state index in [2.05, 4.69) is 24.1 Å². The average molecular weight is 434 g/mol. The highest BCUT2D eigenvalue weighted by Gasteiger charge is 2.17. The van der Waals surface area contributed by atoms with Crippen LogP contribution in [0.25, 0.3) is 33.3 Å². The number of anilines is 1. The third-order valence-corrected chi connectivity index (χ3v) is 5.55. The molecule has 0 atom stereocenters. The number of hydrogen-bond acceptors (Lipinski definition) is 6. The van der Waals surface area contributed by atoms with Gasteiger partial charge in [-0.3, -0.25) is 9.59 Å². The first kappa shape index (κ1) is 21.6. The van der Waals surface area contributed by atoms with E-state index < -0.39 is 0 Å². The number of carbonyl (C=O) groups is 1. The number of carbonyl (C=O) groups excluding carboxylic acids is 1. The average Bonchev–Trinajstić information content (AvgIpc) is 2.81. The Kier molecular flexibility index (Phi) is 6.25. The van der Waals surface area contributed by atoms with Crippen molar-refractivity contribution < 1.29 is 13.9 Å². The van der Waals surface area contributed by atoms with Crippen LogP contribution < -0.4 is 20.4 Å². The summed E-state index contributed by atoms with van der Waals surface area (Å²) in [5, 5.41) is 4.02. The van der Waals surface area contributed by atoms with E-state index >= 15 is 0 Å². The first-order valence-corrected chi connectivity index (χ1v) is 11.0. The predicted octanol–water partition coefficient (Wildman–Crippen LogP) is 4.20. The van der Waals surface area contributed by atoms with E-state index in [4.69, 9.17) is 14.1 Å². The van der Waals surface area contributed by atoms with Crippen LogP contribution in [-0.4, -0.2) is 37.1 Å². The molecule has 32 heavy (non-hydrogen) atoms. The standard InChI is InChI=1S/C25H27N3O4/c1-4-24(30)26-11-12-31-17-8-9-18-19(14-17)25-23(15-21(18)29)32-22-13-16(28(5-2)6-3)7-10-20(22)27-25/h7-10,13-15H,4-6,11-12H2,1-3H3,(H,26,30). The lowest BCUT2D eigenvalue weighted by atomic mass is 10.0. The molecule has 0 bridgehead atoms. The molecule has 1 N–H and O–H groups in total. The third-order valence-electron chi connectivity index (χ3n) is 5.55. The Morgan fingerprint density at radius 1 is 1.06 bits per heavy atom. The number of aromatic nitrogens is 1. The second kappa shape index (κ2) is 9.26. The highest BCUT2D eigenvalue weighted by molar-refractivity contribution is 5.97. The van der Waals surface area contributed by atoms with E-state index in [1.54, 1.807) is 25.1 Å². The molecule has 1 aliphatic carbocycles. The van der Waals surface area contributed by atoms with Crippen LogP contribution in [0.2, 0.25) is 0 Å². The molecule has 7 nitrogen and oxygen atoms in total. The van der Waals surface area contributed by atoms with E-state index in [-0.39, 0.29) is 11.3 Å². The zero-order valence-electron chi connectivity index (χ0n) is 18.6. The van der Waals surface area contributed by atoms with Gasteiger partial charge in [0.05, 0.1) is 6.54 Å². The fraction of sp³-hybridized carbons (Fsp3) is 0.320. The maximum atomic E-state index is 12.7. The number of benzene rings is 3. The van der Waals surface area contributed by atoms with Crippen molar-refractivity contribution in [2.24, 2.45) is 0 Å². The summed E-state index contributed by atoms with van der Waals surface area (Å²) in [5.74, 6) is 1.03. The summed E-state index contributed by atoms with van der Waals surface area (Å²) in [6.45, 7) is 8.55. The van der Waals surface area contributed by atoms with Crippen LogP contribution in [-0.2, 0) is 4.79 Å². The van der Waals surface area contributed by atoms with E-state index in [0.717, 1.165) is 24.3 Å². The Bertz CT molecular complexity index is 1290. The number of ether oxygens (including phenoxy) is 1. The molecular weight excluding hydrogens is 406 g/mol. The Balaban J connectivity index is 1.73. The Morgan fingerprint density at radius 3 is 2.62 bits per heavy atom. The van der Waals surface area contributed by atoms with E-state index in [0.29, 0.717) is 53.1 Å². The van der Waals surface area contributed by atoms with E-state index in [1.807, 2.05) is 18.2 Å². The van der Waals surface area contributed by atoms with Gasteiger partial charge in [0, 0.05) is 48.1 Å². The summed E-state index contributed by atoms with van der Waals surface area (Å²) < 4.78 is 11.9. The van der Waals surface area contributed by atoms with Gasteiger partial charge in [0.25, 0.3) is 0 Å². The molecule has 2 aromatic rings. The minimum atomic E-state index is -0.126. The zero-order chi connectivity index (χ0) is 22.7. The molecule has 0 spiro atoms. The van der Waals surface area contributed by atoms with Gasteiger partial charge in [-0.05, 0) is 44.2 Å². The molecule has 7 heteroatoms. The van der Waals surface area contributed by atoms with Gasteiger partial charge in [0.15, 0.2) is 16.8 Å². The number of nitrogens with one attached hydrogen (secondary N) is 1. The highest BCUT2D eigenvalue weighted by atomic mass is 16.5. The molecule has 0 aromatic heterocycles. The lowest BCUT2D eigenvalue weighted by molar-refractivity contribution is -0.120. The molecule has 0 radical (unpaired) electrons. The Labute approximate surface area is 186 Å². The molecule has 0 saturated carbocycles. The summed E-state index contributed by atoms with van der Waals surface area (Å²) in [7, 11) is 0. The molecule has 0 unspecified atom stereocenters. The molecular formula is C25H27N3O4. The van der Waals surface area contributed by atoms with Crippen LogP contribution in [0.5, 0.6) is 5.75 Å². The van der Waals surface area contributed by atoms with Gasteiger partial charge in [-0.1, -0.05) is 6.92 Å². The third kappa shape index (κ3) is 4.23. The largest absolute Gasteiger partial charge is 0.492 e. The molecule has 1 heterocycles. The van der Waals surface area contributed by atoms with Gasteiger partial charge in [-0.15, -0.1) is 0 Å². The second-order valence-electron chi connectivity index (χ2n) is 7.52. The van der Waals surface area contributed by atoms with Crippen LogP contribution in [0, 0.1) is 0 Å². The maximum absolute atomic E-state index is 12.7. The molecule has 166 valence electrons. The Hall–Kier alpha value is -3.61. The SMILES string of the molecule is CCC(=O)NCCOc1ccc2c(=O)cc3oc4cc(N(CC)CC)ccc4nc-3c2c1. The van der Waals surface area contributed by atoms with E-state index in [1.165, 1.54) is 6.07 Å². The topological polar surface area (TPSA) is 84.7 Å². The quantitative estimate of drug-likeness (QED) is 0.255. The van der Waals surface area contributed by atoms with Crippen molar-refractivity contribution in [1.82, 2.24) is 10.3 Å². The smallest absolute Gasteiger partial charge is 0.219 e. The van der Waals surface area contributed by atoms with Gasteiger partial charge in [-0.25, -0.2) is 4.98 Å². The minimum Gasteiger partial charge on any atom is -0.492 e. The minimum absolute atomic E-state index is 0.0176. The van der Waals surface area contributed by atoms with Crippen molar-refractivity contribution in [3.05, 3.63) is 52.7 Å². The van der Waals surface area contributed by atoms with Gasteiger partial charge in [0.2, 0.25) is 5.91 Å². The summed E-state index contributed by atoms with van der Waals surface area (Å²) >= 11 is 0. The molecule has 4 rings (SSSR count). The molecule has 1 aliphatic heterocycles. The maximum Gasteiger partial charge on any atom is 0.219 e. The summed E-state index contributed by atoms with van der Waals surface area (Å²) in [4.78, 5) is 31.1. The molecule has 0 saturated heterocycles. The number of nitrogens with zero attached hydrogens (tertiary/aromatic N) is 2. The lowest BCUT2D eigenvalue weighted by Crippen LogP contribution is -2.27. The lowest BCUT2D eigenvalue weighted by Gasteiger charge is -2.21. The van der Waals surface area contributed by atoms with Crippen LogP contribution in [0.15, 0.2) is 51.7 Å². The fourth-order valence-corrected chi connectivity index (χ4v) is 3.80. The van der Waals surface area contributed by atoms with Crippen LogP contribution >= 0.6 is 0 Å². The van der Waals surface area contributed by atoms with Crippen molar-refractivity contribution in [2.75, 3.05) is 31.1 Å². The predicted molar refractivity (Wildman–Crippen MR) is 127 cm³/mol. The second-order valence-corrected chi connectivity index (χ2v) is 7.52. The summed E-state index contributed by atoms with van der Waals surface area (Å²) in [6, 6.07) is 12.7. The van der Waals surface area contributed by atoms with Crippen LogP contribution in [0.1, 0.15) is 27.2 Å². The first-order valence-electron chi connectivity index (χ1n) is 11.0. The summed E-state index contributed by atoms with van der Waals surface area (Å²) in [6.07, 6.45) is 0.438. The number of rotatable bonds is 8. The van der Waals surface area contributed by atoms with Crippen molar-refractivity contribution in [3.63, 3.8) is 0 Å². The first-order chi connectivity index (χ1) is 15.5. The number of fused-ring (bicyclic) bond motifs is 4. The van der Waals surface area contributed by atoms with Gasteiger partial charge < -0.3 is 19.4 Å². The summed E-state index contributed by atoms with van der Waals surface area (Å²) in [5.41, 5.74) is 2.91. The van der Waals surface area contributed by atoms with E-state index in [9.17, 15) is 9.59 Å². The molecule has 2 aliphatic rings. The molecule has 1 amide bonds. The normalized spacial score (nSPS) is 11.2. The van der Waals surface area contributed by atoms with Crippen molar-refractivity contribution in [1.29, 1.82) is 0 Å². The molecule has 2 aromatic carbocycles. The van der Waals surface area contributed by atoms with Gasteiger partial charge in [0.1, 0.15) is 23.6 Å². The fourth-order valence-electron chi connectivity index (χ4n) is 3.80.